The number of carbonyl (C=O) groups excluding carboxylic acids is 2. The molecule has 1 heterocycles. The van der Waals surface area contributed by atoms with Crippen molar-refractivity contribution in [2.45, 2.75) is 13.8 Å². The van der Waals surface area contributed by atoms with E-state index in [1.54, 1.807) is 24.3 Å². The highest BCUT2D eigenvalue weighted by molar-refractivity contribution is 5.92. The number of amides is 2. The molecule has 0 radical (unpaired) electrons. The number of anilines is 2. The van der Waals surface area contributed by atoms with E-state index in [4.69, 9.17) is 0 Å². The summed E-state index contributed by atoms with van der Waals surface area (Å²) in [4.78, 5) is 28.1. The Morgan fingerprint density at radius 2 is 1.63 bits per heavy atom. The van der Waals surface area contributed by atoms with Crippen LogP contribution in [0.1, 0.15) is 21.5 Å². The Bertz CT molecular complexity index is 825. The van der Waals surface area contributed by atoms with Gasteiger partial charge in [-0.05, 0) is 55.3 Å². The molecule has 6 heteroatoms. The fourth-order valence-electron chi connectivity index (χ4n) is 3.22. The van der Waals surface area contributed by atoms with E-state index in [1.807, 2.05) is 4.90 Å². The van der Waals surface area contributed by atoms with Gasteiger partial charge in [0.05, 0.1) is 12.7 Å². The van der Waals surface area contributed by atoms with E-state index in [2.05, 4.69) is 47.0 Å². The summed E-state index contributed by atoms with van der Waals surface area (Å²) in [5, 5.41) is 2.89. The van der Waals surface area contributed by atoms with Crippen LogP contribution in [0.3, 0.4) is 0 Å². The lowest BCUT2D eigenvalue weighted by atomic mass is 10.1. The van der Waals surface area contributed by atoms with E-state index in [-0.39, 0.29) is 6.03 Å². The van der Waals surface area contributed by atoms with E-state index in [1.165, 1.54) is 23.9 Å². The number of esters is 1. The van der Waals surface area contributed by atoms with E-state index >= 15 is 0 Å². The van der Waals surface area contributed by atoms with E-state index in [9.17, 15) is 9.59 Å². The summed E-state index contributed by atoms with van der Waals surface area (Å²) < 4.78 is 4.68. The maximum atomic E-state index is 12.5. The lowest BCUT2D eigenvalue weighted by molar-refractivity contribution is 0.0600. The summed E-state index contributed by atoms with van der Waals surface area (Å²) in [7, 11) is 1.34. The van der Waals surface area contributed by atoms with Crippen LogP contribution in [-0.4, -0.2) is 50.2 Å². The molecule has 2 amide bonds. The molecule has 2 aromatic rings. The van der Waals surface area contributed by atoms with Crippen LogP contribution in [0.25, 0.3) is 0 Å². The Hall–Kier alpha value is -3.02. The summed E-state index contributed by atoms with van der Waals surface area (Å²) in [5.74, 6) is -0.393. The molecular formula is C21H25N3O3. The summed E-state index contributed by atoms with van der Waals surface area (Å²) in [5.41, 5.74) is 4.85. The lowest BCUT2D eigenvalue weighted by Gasteiger charge is -2.36. The summed E-state index contributed by atoms with van der Waals surface area (Å²) >= 11 is 0. The van der Waals surface area contributed by atoms with Crippen LogP contribution in [0.15, 0.2) is 42.5 Å². The van der Waals surface area contributed by atoms with Crippen LogP contribution in [0, 0.1) is 13.8 Å². The van der Waals surface area contributed by atoms with Crippen LogP contribution in [0.5, 0.6) is 0 Å². The molecule has 1 aliphatic heterocycles. The molecule has 0 atom stereocenters. The number of rotatable bonds is 3. The predicted octanol–water partition coefficient (Wildman–Crippen LogP) is 3.44. The predicted molar refractivity (Wildman–Crippen MR) is 107 cm³/mol. The molecule has 0 aliphatic carbocycles. The van der Waals surface area contributed by atoms with E-state index in [0.717, 1.165) is 13.1 Å². The number of nitrogens with zero attached hydrogens (tertiary/aromatic N) is 2. The first-order chi connectivity index (χ1) is 13.0. The highest BCUT2D eigenvalue weighted by Crippen LogP contribution is 2.23. The van der Waals surface area contributed by atoms with Gasteiger partial charge < -0.3 is 19.9 Å². The van der Waals surface area contributed by atoms with Crippen molar-refractivity contribution in [1.29, 1.82) is 0 Å². The minimum Gasteiger partial charge on any atom is -0.465 e. The summed E-state index contributed by atoms with van der Waals surface area (Å²) in [6.07, 6.45) is 0. The largest absolute Gasteiger partial charge is 0.465 e. The summed E-state index contributed by atoms with van der Waals surface area (Å²) in [6.45, 7) is 7.15. The van der Waals surface area contributed by atoms with Crippen molar-refractivity contribution >= 4 is 23.4 Å². The molecule has 0 bridgehead atoms. The first kappa shape index (κ1) is 18.8. The fourth-order valence-corrected chi connectivity index (χ4v) is 3.22. The SMILES string of the molecule is COC(=O)c1ccc(NC(=O)N2CCN(c3cc(C)ccc3C)CC2)cc1. The molecule has 1 saturated heterocycles. The quantitative estimate of drug-likeness (QED) is 0.844. The van der Waals surface area contributed by atoms with Gasteiger partial charge in [-0.25, -0.2) is 9.59 Å². The minimum atomic E-state index is -0.393. The number of nitrogens with one attached hydrogen (secondary N) is 1. The molecule has 6 nitrogen and oxygen atoms in total. The maximum absolute atomic E-state index is 12.5. The Morgan fingerprint density at radius 1 is 0.963 bits per heavy atom. The molecule has 27 heavy (non-hydrogen) atoms. The number of aryl methyl sites for hydroxylation is 2. The molecular weight excluding hydrogens is 342 g/mol. The molecule has 142 valence electrons. The molecule has 0 unspecified atom stereocenters. The highest BCUT2D eigenvalue weighted by Gasteiger charge is 2.22. The van der Waals surface area contributed by atoms with Gasteiger partial charge in [0.15, 0.2) is 0 Å². The van der Waals surface area contributed by atoms with Crippen molar-refractivity contribution in [3.63, 3.8) is 0 Å². The number of hydrogen-bond acceptors (Lipinski definition) is 4. The van der Waals surface area contributed by atoms with Crippen molar-refractivity contribution in [3.05, 3.63) is 59.2 Å². The lowest BCUT2D eigenvalue weighted by Crippen LogP contribution is -2.50. The Labute approximate surface area is 159 Å². The van der Waals surface area contributed by atoms with Gasteiger partial charge in [0.1, 0.15) is 0 Å². The number of benzene rings is 2. The average Bonchev–Trinajstić information content (AvgIpc) is 2.70. The zero-order chi connectivity index (χ0) is 19.4. The first-order valence-electron chi connectivity index (χ1n) is 9.04. The van der Waals surface area contributed by atoms with E-state index in [0.29, 0.717) is 24.3 Å². The normalized spacial score (nSPS) is 14.0. The third-order valence-electron chi connectivity index (χ3n) is 4.83. The Balaban J connectivity index is 1.57. The molecule has 1 N–H and O–H groups in total. The minimum absolute atomic E-state index is 0.124. The number of hydrogen-bond donors (Lipinski definition) is 1. The number of urea groups is 1. The van der Waals surface area contributed by atoms with Crippen LogP contribution in [-0.2, 0) is 4.74 Å². The molecule has 1 fully saturated rings. The number of ether oxygens (including phenoxy) is 1. The van der Waals surface area contributed by atoms with Crippen molar-refractivity contribution in [2.75, 3.05) is 43.5 Å². The van der Waals surface area contributed by atoms with Crippen molar-refractivity contribution in [2.24, 2.45) is 0 Å². The second kappa shape index (κ2) is 8.12. The van der Waals surface area contributed by atoms with Gasteiger partial charge in [-0.15, -0.1) is 0 Å². The van der Waals surface area contributed by atoms with Crippen LogP contribution < -0.4 is 10.2 Å². The van der Waals surface area contributed by atoms with Gasteiger partial charge in [-0.3, -0.25) is 0 Å². The molecule has 3 rings (SSSR count). The van der Waals surface area contributed by atoms with Crippen LogP contribution >= 0.6 is 0 Å². The number of methoxy groups -OCH3 is 1. The topological polar surface area (TPSA) is 61.9 Å². The standard InChI is InChI=1S/C21H25N3O3/c1-15-4-5-16(2)19(14-15)23-10-12-24(13-11-23)21(26)22-18-8-6-17(7-9-18)20(25)27-3/h4-9,14H,10-13H2,1-3H3,(H,22,26). The zero-order valence-corrected chi connectivity index (χ0v) is 16.0. The van der Waals surface area contributed by atoms with Gasteiger partial charge in [0.25, 0.3) is 0 Å². The van der Waals surface area contributed by atoms with Gasteiger partial charge in [0.2, 0.25) is 0 Å². The highest BCUT2D eigenvalue weighted by atomic mass is 16.5. The molecule has 2 aromatic carbocycles. The van der Waals surface area contributed by atoms with Crippen molar-refractivity contribution < 1.29 is 14.3 Å². The monoisotopic (exact) mass is 367 g/mol. The van der Waals surface area contributed by atoms with E-state index < -0.39 is 5.97 Å². The van der Waals surface area contributed by atoms with Crippen molar-refractivity contribution in [3.8, 4) is 0 Å². The van der Waals surface area contributed by atoms with Crippen molar-refractivity contribution in [1.82, 2.24) is 4.90 Å². The Kier molecular flexibility index (Phi) is 5.64. The zero-order valence-electron chi connectivity index (χ0n) is 16.0. The smallest absolute Gasteiger partial charge is 0.337 e. The third kappa shape index (κ3) is 4.39. The van der Waals surface area contributed by atoms with Crippen LogP contribution in [0.4, 0.5) is 16.2 Å². The molecule has 1 aliphatic rings. The second-order valence-electron chi connectivity index (χ2n) is 6.76. The van der Waals surface area contributed by atoms with Gasteiger partial charge in [-0.1, -0.05) is 12.1 Å². The number of piperazine rings is 1. The average molecular weight is 367 g/mol. The van der Waals surface area contributed by atoms with Gasteiger partial charge in [0, 0.05) is 37.6 Å². The third-order valence-corrected chi connectivity index (χ3v) is 4.83. The van der Waals surface area contributed by atoms with Gasteiger partial charge in [-0.2, -0.15) is 0 Å². The number of carbonyl (C=O) groups is 2. The van der Waals surface area contributed by atoms with Crippen LogP contribution in [0.2, 0.25) is 0 Å². The second-order valence-corrected chi connectivity index (χ2v) is 6.76. The summed E-state index contributed by atoms with van der Waals surface area (Å²) in [6, 6.07) is 13.0. The fraction of sp³-hybridized carbons (Fsp3) is 0.333. The molecule has 0 aromatic heterocycles. The van der Waals surface area contributed by atoms with Gasteiger partial charge >= 0.3 is 12.0 Å². The first-order valence-corrected chi connectivity index (χ1v) is 9.04. The molecule has 0 saturated carbocycles. The molecule has 0 spiro atoms. The maximum Gasteiger partial charge on any atom is 0.337 e. The Morgan fingerprint density at radius 3 is 2.26 bits per heavy atom.